The first-order valence-electron chi connectivity index (χ1n) is 5.87. The summed E-state index contributed by atoms with van der Waals surface area (Å²) in [7, 11) is 0. The maximum absolute atomic E-state index is 11.3. The second-order valence-electron chi connectivity index (χ2n) is 4.64. The van der Waals surface area contributed by atoms with Crippen LogP contribution in [-0.2, 0) is 19.1 Å². The fourth-order valence-corrected chi connectivity index (χ4v) is 1.00. The normalized spacial score (nSPS) is 10.5. The van der Waals surface area contributed by atoms with Crippen molar-refractivity contribution in [3.63, 3.8) is 0 Å². The summed E-state index contributed by atoms with van der Waals surface area (Å²) in [6.07, 6.45) is 0.495. The van der Waals surface area contributed by atoms with E-state index in [1.165, 1.54) is 0 Å². The molecule has 0 saturated carbocycles. The number of hydrogen-bond acceptors (Lipinski definition) is 4. The van der Waals surface area contributed by atoms with Crippen molar-refractivity contribution in [3.05, 3.63) is 12.2 Å². The summed E-state index contributed by atoms with van der Waals surface area (Å²) in [5, 5.41) is 0. The first-order chi connectivity index (χ1) is 7.82. The van der Waals surface area contributed by atoms with E-state index in [0.29, 0.717) is 12.5 Å². The molecule has 98 valence electrons. The predicted molar refractivity (Wildman–Crippen MR) is 65.4 cm³/mol. The molecule has 0 aromatic carbocycles. The van der Waals surface area contributed by atoms with Gasteiger partial charge in [-0.3, -0.25) is 4.79 Å². The highest BCUT2D eigenvalue weighted by Crippen LogP contribution is 2.06. The number of carbonyl (C=O) groups excluding carboxylic acids is 2. The minimum atomic E-state index is -0.541. The maximum atomic E-state index is 11.3. The maximum Gasteiger partial charge on any atom is 0.334 e. The van der Waals surface area contributed by atoms with Crippen molar-refractivity contribution >= 4 is 11.9 Å². The largest absolute Gasteiger partial charge is 0.465 e. The molecule has 0 amide bonds. The first-order valence-corrected chi connectivity index (χ1v) is 5.87. The molecule has 4 nitrogen and oxygen atoms in total. The van der Waals surface area contributed by atoms with Crippen LogP contribution in [0.3, 0.4) is 0 Å². The van der Waals surface area contributed by atoms with Crippen LogP contribution in [0.5, 0.6) is 0 Å². The van der Waals surface area contributed by atoms with Crippen molar-refractivity contribution in [3.8, 4) is 0 Å². The van der Waals surface area contributed by atoms with Crippen LogP contribution in [0.4, 0.5) is 0 Å². The van der Waals surface area contributed by atoms with Crippen LogP contribution >= 0.6 is 0 Å². The summed E-state index contributed by atoms with van der Waals surface area (Å²) in [6, 6.07) is 0. The number of esters is 2. The minimum Gasteiger partial charge on any atom is -0.465 e. The highest BCUT2D eigenvalue weighted by atomic mass is 16.5. The van der Waals surface area contributed by atoms with Gasteiger partial charge in [-0.05, 0) is 26.2 Å². The molecule has 0 aromatic heterocycles. The number of hydrogen-bond donors (Lipinski definition) is 0. The number of carbonyl (C=O) groups is 2. The molecule has 0 aliphatic carbocycles. The van der Waals surface area contributed by atoms with Gasteiger partial charge in [-0.2, -0.15) is 0 Å². The van der Waals surface area contributed by atoms with E-state index >= 15 is 0 Å². The van der Waals surface area contributed by atoms with Crippen molar-refractivity contribution in [1.82, 2.24) is 0 Å². The highest BCUT2D eigenvalue weighted by molar-refractivity contribution is 5.93. The molecule has 0 atom stereocenters. The molecular formula is C13H22O4. The second kappa shape index (κ2) is 7.87. The number of rotatable bonds is 7. The SMILES string of the molecule is C=C(CC(=O)OCCC(C)C)C(=O)OC(C)C. The fourth-order valence-electron chi connectivity index (χ4n) is 1.00. The summed E-state index contributed by atoms with van der Waals surface area (Å²) >= 11 is 0. The van der Waals surface area contributed by atoms with E-state index in [1.54, 1.807) is 13.8 Å². The molecule has 0 rings (SSSR count). The van der Waals surface area contributed by atoms with Gasteiger partial charge in [0.05, 0.1) is 19.1 Å². The predicted octanol–water partition coefficient (Wildman–Crippen LogP) is 2.47. The van der Waals surface area contributed by atoms with Crippen molar-refractivity contribution < 1.29 is 19.1 Å². The quantitative estimate of drug-likeness (QED) is 0.508. The lowest BCUT2D eigenvalue weighted by Crippen LogP contribution is -2.16. The van der Waals surface area contributed by atoms with Gasteiger partial charge in [0.15, 0.2) is 0 Å². The van der Waals surface area contributed by atoms with Gasteiger partial charge in [-0.15, -0.1) is 0 Å². The van der Waals surface area contributed by atoms with Crippen molar-refractivity contribution in [2.75, 3.05) is 6.61 Å². The average Bonchev–Trinajstić information content (AvgIpc) is 2.15. The smallest absolute Gasteiger partial charge is 0.334 e. The topological polar surface area (TPSA) is 52.6 Å². The molecule has 0 aliphatic rings. The van der Waals surface area contributed by atoms with E-state index in [2.05, 4.69) is 6.58 Å². The van der Waals surface area contributed by atoms with E-state index in [4.69, 9.17) is 9.47 Å². The van der Waals surface area contributed by atoms with Crippen LogP contribution in [0, 0.1) is 5.92 Å². The Kier molecular flexibility index (Phi) is 7.26. The minimum absolute atomic E-state index is 0.107. The molecule has 0 bridgehead atoms. The monoisotopic (exact) mass is 242 g/mol. The Bertz CT molecular complexity index is 279. The van der Waals surface area contributed by atoms with Gasteiger partial charge in [0.2, 0.25) is 0 Å². The van der Waals surface area contributed by atoms with Crippen LogP contribution in [0.25, 0.3) is 0 Å². The van der Waals surface area contributed by atoms with E-state index in [0.717, 1.165) is 6.42 Å². The zero-order chi connectivity index (χ0) is 13.4. The third-order valence-electron chi connectivity index (χ3n) is 1.95. The Morgan fingerprint density at radius 3 is 2.24 bits per heavy atom. The van der Waals surface area contributed by atoms with Gasteiger partial charge in [0.25, 0.3) is 0 Å². The van der Waals surface area contributed by atoms with Gasteiger partial charge in [0, 0.05) is 5.57 Å². The molecule has 0 saturated heterocycles. The zero-order valence-electron chi connectivity index (χ0n) is 11.1. The van der Waals surface area contributed by atoms with Crippen molar-refractivity contribution in [1.29, 1.82) is 0 Å². The lowest BCUT2D eigenvalue weighted by Gasteiger charge is -2.10. The van der Waals surface area contributed by atoms with E-state index < -0.39 is 11.9 Å². The van der Waals surface area contributed by atoms with Crippen molar-refractivity contribution in [2.24, 2.45) is 5.92 Å². The van der Waals surface area contributed by atoms with Gasteiger partial charge in [-0.1, -0.05) is 20.4 Å². The molecule has 4 heteroatoms. The van der Waals surface area contributed by atoms with Gasteiger partial charge in [0.1, 0.15) is 0 Å². The molecule has 0 aromatic rings. The van der Waals surface area contributed by atoms with E-state index in [1.807, 2.05) is 13.8 Å². The standard InChI is InChI=1S/C13H22O4/c1-9(2)6-7-16-12(14)8-11(5)13(15)17-10(3)4/h9-10H,5-8H2,1-4H3. The van der Waals surface area contributed by atoms with Gasteiger partial charge < -0.3 is 9.47 Å². The molecule has 0 N–H and O–H groups in total. The molecule has 0 heterocycles. The molecule has 0 aliphatic heterocycles. The lowest BCUT2D eigenvalue weighted by molar-refractivity contribution is -0.148. The first kappa shape index (κ1) is 15.7. The molecule has 17 heavy (non-hydrogen) atoms. The summed E-state index contributed by atoms with van der Waals surface area (Å²) in [5.74, 6) is -0.492. The molecule has 0 fully saturated rings. The van der Waals surface area contributed by atoms with Crippen LogP contribution in [0.2, 0.25) is 0 Å². The molecule has 0 unspecified atom stereocenters. The summed E-state index contributed by atoms with van der Waals surface area (Å²) in [5.41, 5.74) is 0.133. The molecular weight excluding hydrogens is 220 g/mol. The average molecular weight is 242 g/mol. The Morgan fingerprint density at radius 1 is 1.18 bits per heavy atom. The summed E-state index contributed by atoms with van der Waals surface area (Å²) in [4.78, 5) is 22.7. The summed E-state index contributed by atoms with van der Waals surface area (Å²) < 4.78 is 9.88. The van der Waals surface area contributed by atoms with Crippen molar-refractivity contribution in [2.45, 2.75) is 46.6 Å². The fraction of sp³-hybridized carbons (Fsp3) is 0.692. The van der Waals surface area contributed by atoms with E-state index in [9.17, 15) is 9.59 Å². The Labute approximate surface area is 103 Å². The lowest BCUT2D eigenvalue weighted by atomic mass is 10.1. The Morgan fingerprint density at radius 2 is 1.76 bits per heavy atom. The number of ether oxygens (including phenoxy) is 2. The second-order valence-corrected chi connectivity index (χ2v) is 4.64. The highest BCUT2D eigenvalue weighted by Gasteiger charge is 2.15. The van der Waals surface area contributed by atoms with Crippen LogP contribution < -0.4 is 0 Å². The third kappa shape index (κ3) is 8.48. The van der Waals surface area contributed by atoms with Crippen LogP contribution in [0.15, 0.2) is 12.2 Å². The molecule has 0 radical (unpaired) electrons. The third-order valence-corrected chi connectivity index (χ3v) is 1.95. The summed E-state index contributed by atoms with van der Waals surface area (Å²) in [6.45, 7) is 11.5. The molecule has 0 spiro atoms. The Hall–Kier alpha value is -1.32. The van der Waals surface area contributed by atoms with Gasteiger partial charge in [-0.25, -0.2) is 4.79 Å². The van der Waals surface area contributed by atoms with Crippen LogP contribution in [0.1, 0.15) is 40.5 Å². The van der Waals surface area contributed by atoms with Gasteiger partial charge >= 0.3 is 11.9 Å². The van der Waals surface area contributed by atoms with Crippen LogP contribution in [-0.4, -0.2) is 24.6 Å². The Balaban J connectivity index is 3.87. The zero-order valence-corrected chi connectivity index (χ0v) is 11.1. The van der Waals surface area contributed by atoms with E-state index in [-0.39, 0.29) is 18.1 Å².